The highest BCUT2D eigenvalue weighted by Crippen LogP contribution is 2.36. The molecule has 0 unspecified atom stereocenters. The van der Waals surface area contributed by atoms with Crippen LogP contribution in [0.2, 0.25) is 10.0 Å². The molecule has 3 aromatic carbocycles. The summed E-state index contributed by atoms with van der Waals surface area (Å²) in [5.74, 6) is -1.06. The van der Waals surface area contributed by atoms with Gasteiger partial charge in [0.1, 0.15) is 5.82 Å². The van der Waals surface area contributed by atoms with Gasteiger partial charge in [-0.2, -0.15) is 0 Å². The number of rotatable bonds is 6. The Labute approximate surface area is 237 Å². The van der Waals surface area contributed by atoms with Gasteiger partial charge in [0, 0.05) is 35.2 Å². The van der Waals surface area contributed by atoms with Gasteiger partial charge in [0.05, 0.1) is 32.3 Å². The second-order valence-corrected chi connectivity index (χ2v) is 11.4. The third-order valence-electron chi connectivity index (χ3n) is 5.84. The van der Waals surface area contributed by atoms with Gasteiger partial charge in [-0.1, -0.05) is 66.0 Å². The van der Waals surface area contributed by atoms with Crippen molar-refractivity contribution in [1.29, 1.82) is 0 Å². The molecule has 11 heteroatoms. The number of benzene rings is 3. The van der Waals surface area contributed by atoms with Crippen molar-refractivity contribution in [2.45, 2.75) is 27.3 Å². The summed E-state index contributed by atoms with van der Waals surface area (Å²) in [4.78, 5) is 29.6. The lowest BCUT2D eigenvalue weighted by Crippen LogP contribution is -2.34. The number of halogens is 4. The molecule has 38 heavy (non-hydrogen) atoms. The minimum absolute atomic E-state index is 0.115. The van der Waals surface area contributed by atoms with E-state index in [4.69, 9.17) is 23.2 Å². The van der Waals surface area contributed by atoms with Gasteiger partial charge in [-0.25, -0.2) is 9.37 Å². The van der Waals surface area contributed by atoms with E-state index in [0.717, 1.165) is 4.47 Å². The standard InChI is InChI=1S/C27H25BrCl2FN5O2/c1-27(2,3)25(38)32-13-14-5-10-18(29)23(22(14)30)35-26-34-20-11-17(19(31)12-21(20)36(26)4)24(37)33-16-8-6-15(28)7-9-16/h5-12H,13H2,1-4H3,(H,32,38)(H,33,37)(H,34,35). The van der Waals surface area contributed by atoms with Crippen molar-refractivity contribution in [1.82, 2.24) is 14.9 Å². The lowest BCUT2D eigenvalue weighted by Gasteiger charge is -2.19. The van der Waals surface area contributed by atoms with Crippen LogP contribution in [-0.2, 0) is 18.4 Å². The zero-order chi connectivity index (χ0) is 27.8. The SMILES string of the molecule is Cn1c(Nc2c(Cl)ccc(CNC(=O)C(C)(C)C)c2Cl)nc2cc(C(=O)Nc3ccc(Br)cc3)c(F)cc21. The van der Waals surface area contributed by atoms with Crippen LogP contribution in [-0.4, -0.2) is 21.4 Å². The maximum absolute atomic E-state index is 15.0. The van der Waals surface area contributed by atoms with Crippen LogP contribution in [0.4, 0.5) is 21.7 Å². The van der Waals surface area contributed by atoms with Crippen LogP contribution in [0.25, 0.3) is 11.0 Å². The molecule has 198 valence electrons. The van der Waals surface area contributed by atoms with E-state index in [9.17, 15) is 14.0 Å². The fraction of sp³-hybridized carbons (Fsp3) is 0.222. The van der Waals surface area contributed by atoms with E-state index in [2.05, 4.69) is 36.9 Å². The van der Waals surface area contributed by atoms with Crippen LogP contribution in [0.5, 0.6) is 0 Å². The Morgan fingerprint density at radius 1 is 1.08 bits per heavy atom. The number of hydrogen-bond acceptors (Lipinski definition) is 4. The molecule has 0 saturated heterocycles. The van der Waals surface area contributed by atoms with Crippen molar-refractivity contribution in [3.8, 4) is 0 Å². The quantitative estimate of drug-likeness (QED) is 0.209. The first-order chi connectivity index (χ1) is 17.8. The Balaban J connectivity index is 1.61. The molecule has 2 amide bonds. The van der Waals surface area contributed by atoms with Crippen LogP contribution < -0.4 is 16.0 Å². The topological polar surface area (TPSA) is 88.1 Å². The van der Waals surface area contributed by atoms with E-state index >= 15 is 0 Å². The monoisotopic (exact) mass is 619 g/mol. The molecule has 0 radical (unpaired) electrons. The molecule has 0 spiro atoms. The largest absolute Gasteiger partial charge is 0.352 e. The molecule has 0 aliphatic rings. The van der Waals surface area contributed by atoms with E-state index in [1.165, 1.54) is 12.1 Å². The predicted octanol–water partition coefficient (Wildman–Crippen LogP) is 7.44. The van der Waals surface area contributed by atoms with Crippen molar-refractivity contribution in [3.05, 3.63) is 80.0 Å². The summed E-state index contributed by atoms with van der Waals surface area (Å²) in [6.45, 7) is 5.68. The maximum atomic E-state index is 15.0. The number of imidazole rings is 1. The van der Waals surface area contributed by atoms with Crippen molar-refractivity contribution >= 4 is 79.3 Å². The van der Waals surface area contributed by atoms with Gasteiger partial charge in [0.2, 0.25) is 11.9 Å². The van der Waals surface area contributed by atoms with Crippen LogP contribution in [0, 0.1) is 11.2 Å². The third-order valence-corrected chi connectivity index (χ3v) is 7.12. The summed E-state index contributed by atoms with van der Waals surface area (Å²) in [6.07, 6.45) is 0. The van der Waals surface area contributed by atoms with Crippen molar-refractivity contribution in [3.63, 3.8) is 0 Å². The van der Waals surface area contributed by atoms with E-state index in [1.807, 2.05) is 20.8 Å². The molecule has 4 aromatic rings. The van der Waals surface area contributed by atoms with Crippen molar-refractivity contribution in [2.24, 2.45) is 12.5 Å². The summed E-state index contributed by atoms with van der Waals surface area (Å²) in [6, 6.07) is 13.0. The summed E-state index contributed by atoms with van der Waals surface area (Å²) in [5.41, 5.74) is 1.76. The summed E-state index contributed by atoms with van der Waals surface area (Å²) < 4.78 is 17.5. The number of fused-ring (bicyclic) bond motifs is 1. The summed E-state index contributed by atoms with van der Waals surface area (Å²) in [7, 11) is 1.70. The number of nitrogens with one attached hydrogen (secondary N) is 3. The van der Waals surface area contributed by atoms with E-state index in [0.29, 0.717) is 44.0 Å². The fourth-order valence-corrected chi connectivity index (χ4v) is 4.43. The van der Waals surface area contributed by atoms with Crippen LogP contribution in [0.15, 0.2) is 53.0 Å². The van der Waals surface area contributed by atoms with Crippen LogP contribution >= 0.6 is 39.1 Å². The lowest BCUT2D eigenvalue weighted by molar-refractivity contribution is -0.128. The predicted molar refractivity (Wildman–Crippen MR) is 154 cm³/mol. The van der Waals surface area contributed by atoms with E-state index in [1.54, 1.807) is 48.0 Å². The van der Waals surface area contributed by atoms with Gasteiger partial charge < -0.3 is 20.5 Å². The average Bonchev–Trinajstić information content (AvgIpc) is 3.15. The highest BCUT2D eigenvalue weighted by atomic mass is 79.9. The highest BCUT2D eigenvalue weighted by molar-refractivity contribution is 9.10. The normalized spacial score (nSPS) is 11.5. The molecule has 0 atom stereocenters. The molecule has 1 heterocycles. The fourth-order valence-electron chi connectivity index (χ4n) is 3.63. The second-order valence-electron chi connectivity index (χ2n) is 9.73. The molecular formula is C27H25BrCl2FN5O2. The molecule has 0 aliphatic carbocycles. The van der Waals surface area contributed by atoms with E-state index in [-0.39, 0.29) is 18.0 Å². The van der Waals surface area contributed by atoms with Gasteiger partial charge >= 0.3 is 0 Å². The molecular weight excluding hydrogens is 596 g/mol. The minimum Gasteiger partial charge on any atom is -0.352 e. The van der Waals surface area contributed by atoms with Crippen LogP contribution in [0.1, 0.15) is 36.7 Å². The van der Waals surface area contributed by atoms with Gasteiger partial charge in [0.15, 0.2) is 0 Å². The Hall–Kier alpha value is -3.14. The smallest absolute Gasteiger partial charge is 0.258 e. The zero-order valence-corrected chi connectivity index (χ0v) is 24.1. The number of aromatic nitrogens is 2. The molecule has 3 N–H and O–H groups in total. The molecule has 4 rings (SSSR count). The average molecular weight is 621 g/mol. The number of carbonyl (C=O) groups excluding carboxylic acids is 2. The number of hydrogen-bond donors (Lipinski definition) is 3. The Morgan fingerprint density at radius 3 is 2.42 bits per heavy atom. The van der Waals surface area contributed by atoms with Crippen LogP contribution in [0.3, 0.4) is 0 Å². The molecule has 0 bridgehead atoms. The molecule has 1 aromatic heterocycles. The third kappa shape index (κ3) is 5.95. The van der Waals surface area contributed by atoms with Gasteiger partial charge in [0.25, 0.3) is 5.91 Å². The number of carbonyl (C=O) groups is 2. The molecule has 7 nitrogen and oxygen atoms in total. The minimum atomic E-state index is -0.686. The Kier molecular flexibility index (Phi) is 8.01. The molecule has 0 fully saturated rings. The van der Waals surface area contributed by atoms with Gasteiger partial charge in [-0.05, 0) is 42.0 Å². The molecule has 0 aliphatic heterocycles. The van der Waals surface area contributed by atoms with Gasteiger partial charge in [-0.15, -0.1) is 0 Å². The van der Waals surface area contributed by atoms with E-state index < -0.39 is 17.1 Å². The number of anilines is 3. The zero-order valence-electron chi connectivity index (χ0n) is 21.0. The Morgan fingerprint density at radius 2 is 1.76 bits per heavy atom. The lowest BCUT2D eigenvalue weighted by atomic mass is 9.95. The van der Waals surface area contributed by atoms with Crippen molar-refractivity contribution in [2.75, 3.05) is 10.6 Å². The number of aryl methyl sites for hydroxylation is 1. The molecule has 0 saturated carbocycles. The summed E-state index contributed by atoms with van der Waals surface area (Å²) >= 11 is 16.4. The van der Waals surface area contributed by atoms with Crippen molar-refractivity contribution < 1.29 is 14.0 Å². The second kappa shape index (κ2) is 10.9. The Bertz CT molecular complexity index is 1550. The first kappa shape index (κ1) is 27.9. The first-order valence-electron chi connectivity index (χ1n) is 11.6. The summed E-state index contributed by atoms with van der Waals surface area (Å²) in [5, 5.41) is 9.33. The highest BCUT2D eigenvalue weighted by Gasteiger charge is 2.22. The maximum Gasteiger partial charge on any atom is 0.258 e. The van der Waals surface area contributed by atoms with Gasteiger partial charge in [-0.3, -0.25) is 9.59 Å². The number of nitrogens with zero attached hydrogens (tertiary/aromatic N) is 2. The first-order valence-corrected chi connectivity index (χ1v) is 13.1. The number of amides is 2.